The van der Waals surface area contributed by atoms with E-state index in [0.29, 0.717) is 8.95 Å². The summed E-state index contributed by atoms with van der Waals surface area (Å²) in [6, 6.07) is 10.4. The zero-order chi connectivity index (χ0) is 18.0. The van der Waals surface area contributed by atoms with E-state index in [-0.39, 0.29) is 16.3 Å². The molecule has 130 valence electrons. The van der Waals surface area contributed by atoms with Crippen molar-refractivity contribution in [3.8, 4) is 0 Å². The summed E-state index contributed by atoms with van der Waals surface area (Å²) < 4.78 is 65.3. The van der Waals surface area contributed by atoms with Crippen molar-refractivity contribution in [3.05, 3.63) is 51.4 Å². The Kier molecular flexibility index (Phi) is 5.82. The van der Waals surface area contributed by atoms with E-state index in [2.05, 4.69) is 41.9 Å². The number of hydrogen-bond acceptors (Lipinski definition) is 3. The van der Waals surface area contributed by atoms with Crippen molar-refractivity contribution in [1.82, 2.24) is 0 Å². The van der Waals surface area contributed by atoms with E-state index >= 15 is 0 Å². The Hall–Kier alpha value is -1.26. The highest BCUT2D eigenvalue weighted by Crippen LogP contribution is 2.30. The number of alkyl halides is 3. The molecule has 0 aliphatic rings. The molecule has 0 aromatic heterocycles. The van der Waals surface area contributed by atoms with Crippen molar-refractivity contribution in [3.63, 3.8) is 0 Å². The van der Waals surface area contributed by atoms with E-state index in [9.17, 15) is 21.6 Å². The second-order valence-electron chi connectivity index (χ2n) is 4.69. The van der Waals surface area contributed by atoms with Crippen molar-refractivity contribution in [1.29, 1.82) is 0 Å². The first-order valence-corrected chi connectivity index (χ1v) is 9.53. The molecule has 24 heavy (non-hydrogen) atoms. The highest BCUT2D eigenvalue weighted by molar-refractivity contribution is 9.11. The Morgan fingerprint density at radius 3 is 2.25 bits per heavy atom. The monoisotopic (exact) mass is 486 g/mol. The minimum absolute atomic E-state index is 0.0219. The van der Waals surface area contributed by atoms with Crippen LogP contribution in [-0.4, -0.2) is 21.1 Å². The minimum Gasteiger partial charge on any atom is -0.375 e. The number of rotatable bonds is 5. The largest absolute Gasteiger partial charge is 0.405 e. The van der Waals surface area contributed by atoms with E-state index in [1.807, 2.05) is 0 Å². The smallest absolute Gasteiger partial charge is 0.375 e. The third-order valence-corrected chi connectivity index (χ3v) is 5.69. The fourth-order valence-electron chi connectivity index (χ4n) is 1.80. The molecule has 0 saturated carbocycles. The zero-order valence-corrected chi connectivity index (χ0v) is 15.9. The summed E-state index contributed by atoms with van der Waals surface area (Å²) in [6.45, 7) is -1.27. The van der Waals surface area contributed by atoms with Gasteiger partial charge in [0.1, 0.15) is 11.4 Å². The second kappa shape index (κ2) is 7.32. The summed E-state index contributed by atoms with van der Waals surface area (Å²) in [4.78, 5) is -0.0394. The van der Waals surface area contributed by atoms with E-state index in [1.165, 1.54) is 30.3 Å². The fraction of sp³-hybridized carbons (Fsp3) is 0.143. The van der Waals surface area contributed by atoms with Gasteiger partial charge < -0.3 is 5.32 Å². The minimum atomic E-state index is -4.42. The lowest BCUT2D eigenvalue weighted by atomic mass is 10.3. The molecule has 0 unspecified atom stereocenters. The van der Waals surface area contributed by atoms with Gasteiger partial charge in [-0.15, -0.1) is 0 Å². The first-order chi connectivity index (χ1) is 11.1. The van der Waals surface area contributed by atoms with Crippen LogP contribution in [0.25, 0.3) is 0 Å². The van der Waals surface area contributed by atoms with Crippen LogP contribution in [-0.2, 0) is 10.0 Å². The lowest BCUT2D eigenvalue weighted by molar-refractivity contribution is -0.115. The maximum atomic E-state index is 12.5. The number of nitrogens with one attached hydrogen (secondary N) is 2. The molecule has 0 bridgehead atoms. The standard InChI is InChI=1S/C14H11Br2F3N2O2S/c15-9-5-6-10(16)13(7-9)24(22,23)21-12-4-2-1-3-11(12)20-8-14(17,18)19/h1-7,20-21H,8H2. The maximum absolute atomic E-state index is 12.5. The first-order valence-electron chi connectivity index (χ1n) is 6.46. The van der Waals surface area contributed by atoms with Gasteiger partial charge in [-0.1, -0.05) is 28.1 Å². The summed E-state index contributed by atoms with van der Waals surface area (Å²) in [7, 11) is -3.99. The third kappa shape index (κ3) is 5.12. The summed E-state index contributed by atoms with van der Waals surface area (Å²) in [5, 5.41) is 2.18. The van der Waals surface area contributed by atoms with Crippen LogP contribution >= 0.6 is 31.9 Å². The summed E-state index contributed by atoms with van der Waals surface area (Å²) >= 11 is 6.34. The van der Waals surface area contributed by atoms with Gasteiger partial charge in [0.2, 0.25) is 0 Å². The van der Waals surface area contributed by atoms with E-state index in [0.717, 1.165) is 0 Å². The van der Waals surface area contributed by atoms with Gasteiger partial charge in [-0.2, -0.15) is 13.2 Å². The normalized spacial score (nSPS) is 12.0. The highest BCUT2D eigenvalue weighted by Gasteiger charge is 2.27. The van der Waals surface area contributed by atoms with E-state index in [4.69, 9.17) is 0 Å². The SMILES string of the molecule is O=S(=O)(Nc1ccccc1NCC(F)(F)F)c1cc(Br)ccc1Br. The number of anilines is 2. The maximum Gasteiger partial charge on any atom is 0.405 e. The molecule has 0 spiro atoms. The molecule has 2 N–H and O–H groups in total. The van der Waals surface area contributed by atoms with Crippen LogP contribution in [0.5, 0.6) is 0 Å². The molecular weight excluding hydrogens is 477 g/mol. The number of para-hydroxylation sites is 2. The predicted octanol–water partition coefficient (Wildman–Crippen LogP) is 4.99. The third-order valence-electron chi connectivity index (χ3n) is 2.83. The van der Waals surface area contributed by atoms with Crippen LogP contribution in [0, 0.1) is 0 Å². The molecule has 0 amide bonds. The van der Waals surface area contributed by atoms with Crippen molar-refractivity contribution in [2.75, 3.05) is 16.6 Å². The van der Waals surface area contributed by atoms with Gasteiger partial charge in [0.25, 0.3) is 10.0 Å². The van der Waals surface area contributed by atoms with Crippen LogP contribution in [0.3, 0.4) is 0 Å². The molecule has 0 fully saturated rings. The van der Waals surface area contributed by atoms with Gasteiger partial charge in [0.15, 0.2) is 0 Å². The van der Waals surface area contributed by atoms with Gasteiger partial charge >= 0.3 is 6.18 Å². The summed E-state index contributed by atoms with van der Waals surface area (Å²) in [6.07, 6.45) is -4.42. The van der Waals surface area contributed by atoms with Crippen molar-refractivity contribution < 1.29 is 21.6 Å². The van der Waals surface area contributed by atoms with Gasteiger partial charge in [0.05, 0.1) is 11.4 Å². The molecule has 4 nitrogen and oxygen atoms in total. The molecule has 0 aliphatic carbocycles. The van der Waals surface area contributed by atoms with Crippen molar-refractivity contribution in [2.24, 2.45) is 0 Å². The molecule has 0 radical (unpaired) electrons. The lowest BCUT2D eigenvalue weighted by Crippen LogP contribution is -2.22. The van der Waals surface area contributed by atoms with Crippen LogP contribution in [0.15, 0.2) is 56.3 Å². The molecule has 0 atom stereocenters. The van der Waals surface area contributed by atoms with Crippen molar-refractivity contribution in [2.45, 2.75) is 11.1 Å². The Morgan fingerprint density at radius 2 is 1.62 bits per heavy atom. The molecule has 0 heterocycles. The molecule has 10 heteroatoms. The number of hydrogen-bond donors (Lipinski definition) is 2. The van der Waals surface area contributed by atoms with E-state index < -0.39 is 22.7 Å². The van der Waals surface area contributed by atoms with Crippen LogP contribution < -0.4 is 10.0 Å². The van der Waals surface area contributed by atoms with Crippen LogP contribution in [0.1, 0.15) is 0 Å². The quantitative estimate of drug-likeness (QED) is 0.624. The highest BCUT2D eigenvalue weighted by atomic mass is 79.9. The topological polar surface area (TPSA) is 58.2 Å². The Morgan fingerprint density at radius 1 is 1.00 bits per heavy atom. The average Bonchev–Trinajstić information content (AvgIpc) is 2.47. The Bertz CT molecular complexity index is 842. The average molecular weight is 488 g/mol. The molecule has 2 rings (SSSR count). The molecular formula is C14H11Br2F3N2O2S. The molecule has 2 aromatic carbocycles. The lowest BCUT2D eigenvalue weighted by Gasteiger charge is -2.16. The predicted molar refractivity (Wildman–Crippen MR) is 93.6 cm³/mol. The van der Waals surface area contributed by atoms with Gasteiger partial charge in [-0.25, -0.2) is 8.42 Å². The van der Waals surface area contributed by atoms with Gasteiger partial charge in [-0.05, 0) is 46.3 Å². The first kappa shape index (κ1) is 19.1. The number of benzene rings is 2. The summed E-state index contributed by atoms with van der Waals surface area (Å²) in [5.74, 6) is 0. The van der Waals surface area contributed by atoms with Crippen LogP contribution in [0.2, 0.25) is 0 Å². The molecule has 2 aromatic rings. The van der Waals surface area contributed by atoms with E-state index in [1.54, 1.807) is 12.1 Å². The number of halogens is 5. The van der Waals surface area contributed by atoms with Crippen LogP contribution in [0.4, 0.5) is 24.5 Å². The molecule has 0 saturated heterocycles. The molecule has 0 aliphatic heterocycles. The Balaban J connectivity index is 2.32. The second-order valence-corrected chi connectivity index (χ2v) is 8.12. The van der Waals surface area contributed by atoms with Gasteiger partial charge in [-0.3, -0.25) is 4.72 Å². The Labute approximate surface area is 153 Å². The van der Waals surface area contributed by atoms with Gasteiger partial charge in [0, 0.05) is 8.95 Å². The van der Waals surface area contributed by atoms with Crippen molar-refractivity contribution >= 4 is 53.3 Å². The zero-order valence-electron chi connectivity index (χ0n) is 11.9. The fourth-order valence-corrected chi connectivity index (χ4v) is 4.39. The summed E-state index contributed by atoms with van der Waals surface area (Å²) in [5.41, 5.74) is 0.0538. The number of sulfonamides is 1.